The van der Waals surface area contributed by atoms with Gasteiger partial charge in [0.25, 0.3) is 11.8 Å². The van der Waals surface area contributed by atoms with Crippen LogP contribution in [0.25, 0.3) is 0 Å². The number of benzene rings is 2. The summed E-state index contributed by atoms with van der Waals surface area (Å²) in [5.41, 5.74) is 2.09. The van der Waals surface area contributed by atoms with Gasteiger partial charge in [-0.15, -0.1) is 0 Å². The van der Waals surface area contributed by atoms with E-state index in [1.807, 2.05) is 31.2 Å². The first-order valence-electron chi connectivity index (χ1n) is 10.1. The highest BCUT2D eigenvalue weighted by Crippen LogP contribution is 2.28. The van der Waals surface area contributed by atoms with E-state index in [9.17, 15) is 14.4 Å². The number of ether oxygens (including phenoxy) is 1. The van der Waals surface area contributed by atoms with Gasteiger partial charge in [0.15, 0.2) is 0 Å². The first-order valence-corrected chi connectivity index (χ1v) is 11.1. The van der Waals surface area contributed by atoms with E-state index in [0.717, 1.165) is 22.0 Å². The second kappa shape index (κ2) is 8.85. The van der Waals surface area contributed by atoms with Crippen molar-refractivity contribution in [1.82, 2.24) is 4.90 Å². The molecule has 2 aromatic carbocycles. The lowest BCUT2D eigenvalue weighted by molar-refractivity contribution is -0.122. The molecule has 156 valence electrons. The maximum Gasteiger partial charge on any atom is 0.257 e. The average molecular weight is 518 g/mol. The van der Waals surface area contributed by atoms with Crippen molar-refractivity contribution in [3.8, 4) is 0 Å². The molecule has 2 aromatic rings. The Hall–Kier alpha value is -2.26. The third-order valence-electron chi connectivity index (χ3n) is 5.57. The molecule has 2 atom stereocenters. The predicted molar refractivity (Wildman–Crippen MR) is 121 cm³/mol. The summed E-state index contributed by atoms with van der Waals surface area (Å²) in [5.74, 6) is -0.902. The second-order valence-corrected chi connectivity index (χ2v) is 8.97. The monoisotopic (exact) mass is 518 g/mol. The van der Waals surface area contributed by atoms with E-state index >= 15 is 0 Å². The molecule has 2 unspecified atom stereocenters. The Bertz CT molecular complexity index is 952. The fourth-order valence-corrected chi connectivity index (χ4v) is 4.30. The van der Waals surface area contributed by atoms with Crippen LogP contribution in [0.1, 0.15) is 35.2 Å². The average Bonchev–Trinajstić information content (AvgIpc) is 3.35. The fraction of sp³-hybridized carbons (Fsp3) is 0.348. The van der Waals surface area contributed by atoms with E-state index in [4.69, 9.17) is 4.74 Å². The Balaban J connectivity index is 1.63. The van der Waals surface area contributed by atoms with Crippen molar-refractivity contribution in [2.75, 3.05) is 18.1 Å². The molecule has 2 aliphatic heterocycles. The molecular weight excluding hydrogens is 495 g/mol. The molecule has 7 heteroatoms. The standard InChI is InChI=1S/C23H23IN2O4/c1-15-4-6-16(7-5-15)22(28)25(14-19-3-2-12-30-19)20-13-21(27)26(23(20)29)18-10-8-17(24)9-11-18/h4-11,19-20H,2-3,12-14H2,1H3. The largest absolute Gasteiger partial charge is 0.376 e. The van der Waals surface area contributed by atoms with Crippen molar-refractivity contribution < 1.29 is 19.1 Å². The van der Waals surface area contributed by atoms with Crippen molar-refractivity contribution in [1.29, 1.82) is 0 Å². The summed E-state index contributed by atoms with van der Waals surface area (Å²) in [7, 11) is 0. The van der Waals surface area contributed by atoms with Crippen LogP contribution in [-0.2, 0) is 14.3 Å². The maximum atomic E-state index is 13.4. The number of hydrogen-bond donors (Lipinski definition) is 0. The molecule has 0 bridgehead atoms. The molecule has 4 rings (SSSR count). The van der Waals surface area contributed by atoms with Gasteiger partial charge in [0.1, 0.15) is 6.04 Å². The summed E-state index contributed by atoms with van der Waals surface area (Å²) >= 11 is 2.17. The van der Waals surface area contributed by atoms with E-state index in [-0.39, 0.29) is 30.2 Å². The molecule has 0 saturated carbocycles. The molecule has 0 radical (unpaired) electrons. The third-order valence-corrected chi connectivity index (χ3v) is 6.29. The Morgan fingerprint density at radius 1 is 1.13 bits per heavy atom. The predicted octanol–water partition coefficient (Wildman–Crippen LogP) is 3.55. The van der Waals surface area contributed by atoms with Crippen molar-refractivity contribution in [2.45, 2.75) is 38.3 Å². The number of anilines is 1. The number of nitrogens with zero attached hydrogens (tertiary/aromatic N) is 2. The maximum absolute atomic E-state index is 13.4. The van der Waals surface area contributed by atoms with Gasteiger partial charge in [-0.3, -0.25) is 14.4 Å². The summed E-state index contributed by atoms with van der Waals surface area (Å²) < 4.78 is 6.75. The number of halogens is 1. The minimum Gasteiger partial charge on any atom is -0.376 e. The smallest absolute Gasteiger partial charge is 0.257 e. The van der Waals surface area contributed by atoms with E-state index in [1.165, 1.54) is 9.80 Å². The van der Waals surface area contributed by atoms with Crippen LogP contribution >= 0.6 is 22.6 Å². The summed E-state index contributed by atoms with van der Waals surface area (Å²) in [6.45, 7) is 2.91. The number of amides is 3. The summed E-state index contributed by atoms with van der Waals surface area (Å²) in [6, 6.07) is 13.7. The zero-order valence-corrected chi connectivity index (χ0v) is 18.9. The lowest BCUT2D eigenvalue weighted by Gasteiger charge is -2.30. The van der Waals surface area contributed by atoms with Gasteiger partial charge in [-0.2, -0.15) is 0 Å². The van der Waals surface area contributed by atoms with Gasteiger partial charge in [-0.1, -0.05) is 17.7 Å². The normalized spacial score (nSPS) is 21.3. The molecule has 6 nitrogen and oxygen atoms in total. The van der Waals surface area contributed by atoms with Crippen LogP contribution < -0.4 is 4.90 Å². The van der Waals surface area contributed by atoms with E-state index in [2.05, 4.69) is 22.6 Å². The van der Waals surface area contributed by atoms with Gasteiger partial charge in [0.05, 0.1) is 18.2 Å². The van der Waals surface area contributed by atoms with Crippen LogP contribution in [-0.4, -0.2) is 47.9 Å². The lowest BCUT2D eigenvalue weighted by Crippen LogP contribution is -2.48. The number of hydrogen-bond acceptors (Lipinski definition) is 4. The SMILES string of the molecule is Cc1ccc(C(=O)N(CC2CCCO2)C2CC(=O)N(c3ccc(I)cc3)C2=O)cc1. The number of imide groups is 1. The van der Waals surface area contributed by atoms with Crippen LogP contribution in [0.5, 0.6) is 0 Å². The lowest BCUT2D eigenvalue weighted by atomic mass is 10.1. The Morgan fingerprint density at radius 3 is 2.47 bits per heavy atom. The van der Waals surface area contributed by atoms with E-state index in [0.29, 0.717) is 24.4 Å². The number of rotatable bonds is 5. The fourth-order valence-electron chi connectivity index (χ4n) is 3.94. The molecule has 0 N–H and O–H groups in total. The first-order chi connectivity index (χ1) is 14.4. The van der Waals surface area contributed by atoms with Gasteiger partial charge in [0.2, 0.25) is 5.91 Å². The van der Waals surface area contributed by atoms with Crippen molar-refractivity contribution in [2.24, 2.45) is 0 Å². The number of carbonyl (C=O) groups is 3. The molecular formula is C23H23IN2O4. The molecule has 0 aromatic heterocycles. The van der Waals surface area contributed by atoms with Gasteiger partial charge < -0.3 is 9.64 Å². The molecule has 2 fully saturated rings. The highest BCUT2D eigenvalue weighted by atomic mass is 127. The topological polar surface area (TPSA) is 66.9 Å². The second-order valence-electron chi connectivity index (χ2n) is 7.72. The highest BCUT2D eigenvalue weighted by Gasteiger charge is 2.45. The molecule has 30 heavy (non-hydrogen) atoms. The van der Waals surface area contributed by atoms with Gasteiger partial charge in [0, 0.05) is 22.3 Å². The van der Waals surface area contributed by atoms with Crippen LogP contribution in [0.15, 0.2) is 48.5 Å². The number of aryl methyl sites for hydroxylation is 1. The Morgan fingerprint density at radius 2 is 1.83 bits per heavy atom. The molecule has 3 amide bonds. The van der Waals surface area contributed by atoms with Crippen LogP contribution in [0, 0.1) is 10.5 Å². The number of carbonyl (C=O) groups excluding carboxylic acids is 3. The van der Waals surface area contributed by atoms with Gasteiger partial charge in [-0.05, 0) is 78.8 Å². The summed E-state index contributed by atoms with van der Waals surface area (Å²) in [6.07, 6.45) is 1.64. The molecule has 0 spiro atoms. The van der Waals surface area contributed by atoms with E-state index in [1.54, 1.807) is 24.3 Å². The molecule has 2 heterocycles. The van der Waals surface area contributed by atoms with Crippen LogP contribution in [0.4, 0.5) is 5.69 Å². The molecule has 0 aliphatic carbocycles. The van der Waals surface area contributed by atoms with Crippen molar-refractivity contribution in [3.05, 3.63) is 63.2 Å². The Labute approximate surface area is 189 Å². The first kappa shape index (κ1) is 21.0. The molecule has 2 saturated heterocycles. The summed E-state index contributed by atoms with van der Waals surface area (Å²) in [5, 5.41) is 0. The molecule has 2 aliphatic rings. The zero-order valence-electron chi connectivity index (χ0n) is 16.7. The minimum atomic E-state index is -0.824. The highest BCUT2D eigenvalue weighted by molar-refractivity contribution is 14.1. The summed E-state index contributed by atoms with van der Waals surface area (Å²) in [4.78, 5) is 42.1. The van der Waals surface area contributed by atoms with Crippen molar-refractivity contribution >= 4 is 46.0 Å². The van der Waals surface area contributed by atoms with Crippen LogP contribution in [0.3, 0.4) is 0 Å². The third kappa shape index (κ3) is 4.27. The quantitative estimate of drug-likeness (QED) is 0.449. The van der Waals surface area contributed by atoms with E-state index < -0.39 is 6.04 Å². The van der Waals surface area contributed by atoms with Crippen molar-refractivity contribution in [3.63, 3.8) is 0 Å². The minimum absolute atomic E-state index is 0.0187. The van der Waals surface area contributed by atoms with Gasteiger partial charge in [-0.25, -0.2) is 4.90 Å². The van der Waals surface area contributed by atoms with Gasteiger partial charge >= 0.3 is 0 Å². The zero-order chi connectivity index (χ0) is 21.3. The Kier molecular flexibility index (Phi) is 6.19. The van der Waals surface area contributed by atoms with Crippen LogP contribution in [0.2, 0.25) is 0 Å².